The van der Waals surface area contributed by atoms with Gasteiger partial charge in [-0.15, -0.1) is 0 Å². The molecule has 0 saturated carbocycles. The van der Waals surface area contributed by atoms with Crippen molar-refractivity contribution in [2.75, 3.05) is 18.6 Å². The molecule has 0 saturated heterocycles. The Kier molecular flexibility index (Phi) is 4.95. The van der Waals surface area contributed by atoms with Crippen molar-refractivity contribution in [2.24, 2.45) is 0 Å². The summed E-state index contributed by atoms with van der Waals surface area (Å²) in [6.07, 6.45) is 4.41. The second-order valence-electron chi connectivity index (χ2n) is 3.73. The van der Waals surface area contributed by atoms with E-state index in [1.165, 1.54) is 6.26 Å². The lowest BCUT2D eigenvalue weighted by atomic mass is 10.4. The maximum Gasteiger partial charge on any atom is 0.208 e. The van der Waals surface area contributed by atoms with Gasteiger partial charge in [-0.05, 0) is 13.0 Å². The second-order valence-corrected chi connectivity index (χ2v) is 5.99. The van der Waals surface area contributed by atoms with E-state index in [-0.39, 0.29) is 5.75 Å². The van der Waals surface area contributed by atoms with Crippen molar-refractivity contribution in [2.45, 2.75) is 26.3 Å². The van der Waals surface area contributed by atoms with Crippen molar-refractivity contribution in [3.63, 3.8) is 0 Å². The summed E-state index contributed by atoms with van der Waals surface area (Å²) < 4.78 is 27.1. The van der Waals surface area contributed by atoms with E-state index in [9.17, 15) is 8.42 Å². The SMILES string of the molecule is CCc1cnc(CNCCCS(C)(=O)=O)o1. The Morgan fingerprint density at radius 3 is 2.81 bits per heavy atom. The number of nitrogens with zero attached hydrogens (tertiary/aromatic N) is 1. The zero-order valence-electron chi connectivity index (χ0n) is 9.69. The van der Waals surface area contributed by atoms with Crippen molar-refractivity contribution in [1.29, 1.82) is 0 Å². The smallest absolute Gasteiger partial charge is 0.208 e. The molecule has 1 rings (SSSR count). The largest absolute Gasteiger partial charge is 0.444 e. The molecule has 1 aromatic heterocycles. The van der Waals surface area contributed by atoms with Crippen molar-refractivity contribution in [3.05, 3.63) is 17.8 Å². The lowest BCUT2D eigenvalue weighted by Crippen LogP contribution is -2.17. The minimum absolute atomic E-state index is 0.214. The highest BCUT2D eigenvalue weighted by Gasteiger charge is 2.03. The molecule has 1 heterocycles. The molecular weight excluding hydrogens is 228 g/mol. The fourth-order valence-corrected chi connectivity index (χ4v) is 1.92. The average Bonchev–Trinajstić information content (AvgIpc) is 2.63. The Bertz CT molecular complexity index is 411. The van der Waals surface area contributed by atoms with Crippen LogP contribution in [0.2, 0.25) is 0 Å². The van der Waals surface area contributed by atoms with Gasteiger partial charge < -0.3 is 9.73 Å². The van der Waals surface area contributed by atoms with E-state index >= 15 is 0 Å². The first kappa shape index (κ1) is 13.2. The molecule has 0 aliphatic rings. The van der Waals surface area contributed by atoms with Gasteiger partial charge in [0.2, 0.25) is 5.89 Å². The van der Waals surface area contributed by atoms with E-state index in [1.807, 2.05) is 6.92 Å². The zero-order valence-corrected chi connectivity index (χ0v) is 10.5. The summed E-state index contributed by atoms with van der Waals surface area (Å²) in [5.74, 6) is 1.73. The maximum absolute atomic E-state index is 10.8. The summed E-state index contributed by atoms with van der Waals surface area (Å²) in [6, 6.07) is 0. The number of oxazole rings is 1. The normalized spacial score (nSPS) is 11.9. The van der Waals surface area contributed by atoms with E-state index in [1.54, 1.807) is 6.20 Å². The number of hydrogen-bond acceptors (Lipinski definition) is 5. The molecule has 1 N–H and O–H groups in total. The van der Waals surface area contributed by atoms with Crippen molar-refractivity contribution in [1.82, 2.24) is 10.3 Å². The third-order valence-corrected chi connectivity index (χ3v) is 3.13. The first-order valence-corrected chi connectivity index (χ1v) is 7.39. The third-order valence-electron chi connectivity index (χ3n) is 2.09. The van der Waals surface area contributed by atoms with Crippen LogP contribution in [0.25, 0.3) is 0 Å². The van der Waals surface area contributed by atoms with Gasteiger partial charge in [0.05, 0.1) is 18.5 Å². The molecule has 5 nitrogen and oxygen atoms in total. The van der Waals surface area contributed by atoms with Crippen LogP contribution in [0, 0.1) is 0 Å². The van der Waals surface area contributed by atoms with Crippen molar-refractivity contribution in [3.8, 4) is 0 Å². The van der Waals surface area contributed by atoms with E-state index in [0.717, 1.165) is 12.2 Å². The Labute approximate surface area is 96.2 Å². The Morgan fingerprint density at radius 2 is 2.25 bits per heavy atom. The minimum atomic E-state index is -2.85. The number of nitrogens with one attached hydrogen (secondary N) is 1. The molecule has 0 radical (unpaired) electrons. The highest BCUT2D eigenvalue weighted by molar-refractivity contribution is 7.90. The van der Waals surface area contributed by atoms with Gasteiger partial charge in [-0.1, -0.05) is 6.92 Å². The van der Waals surface area contributed by atoms with Gasteiger partial charge in [-0.25, -0.2) is 13.4 Å². The molecule has 0 fully saturated rings. The molecule has 0 aliphatic carbocycles. The molecule has 0 spiro atoms. The molecule has 92 valence electrons. The quantitative estimate of drug-likeness (QED) is 0.719. The van der Waals surface area contributed by atoms with Crippen LogP contribution in [0.1, 0.15) is 25.0 Å². The van der Waals surface area contributed by atoms with Crippen LogP contribution < -0.4 is 5.32 Å². The van der Waals surface area contributed by atoms with Gasteiger partial charge in [0.1, 0.15) is 15.6 Å². The summed E-state index contributed by atoms with van der Waals surface area (Å²) in [5.41, 5.74) is 0. The zero-order chi connectivity index (χ0) is 12.0. The van der Waals surface area contributed by atoms with E-state index in [4.69, 9.17) is 4.42 Å². The molecule has 0 amide bonds. The predicted molar refractivity (Wildman–Crippen MR) is 61.9 cm³/mol. The van der Waals surface area contributed by atoms with Crippen LogP contribution in [-0.4, -0.2) is 32.0 Å². The second kappa shape index (κ2) is 6.00. The third kappa shape index (κ3) is 5.27. The summed E-state index contributed by atoms with van der Waals surface area (Å²) >= 11 is 0. The molecule has 0 aromatic carbocycles. The number of aryl methyl sites for hydroxylation is 1. The van der Waals surface area contributed by atoms with E-state index in [2.05, 4.69) is 10.3 Å². The predicted octanol–water partition coefficient (Wildman–Crippen LogP) is 0.761. The van der Waals surface area contributed by atoms with Gasteiger partial charge in [0.15, 0.2) is 0 Å². The fourth-order valence-electron chi connectivity index (χ4n) is 1.25. The molecule has 0 aliphatic heterocycles. The molecule has 6 heteroatoms. The minimum Gasteiger partial charge on any atom is -0.444 e. The van der Waals surface area contributed by atoms with Crippen LogP contribution in [0.4, 0.5) is 0 Å². The Hall–Kier alpha value is -0.880. The standard InChI is InChI=1S/C10H18N2O3S/c1-3-9-7-12-10(15-9)8-11-5-4-6-16(2,13)14/h7,11H,3-6,8H2,1-2H3. The van der Waals surface area contributed by atoms with Gasteiger partial charge in [-0.2, -0.15) is 0 Å². The summed E-state index contributed by atoms with van der Waals surface area (Å²) in [5, 5.41) is 3.09. The van der Waals surface area contributed by atoms with Gasteiger partial charge in [0, 0.05) is 12.7 Å². The lowest BCUT2D eigenvalue weighted by Gasteiger charge is -2.00. The summed E-state index contributed by atoms with van der Waals surface area (Å²) in [7, 11) is -2.85. The number of hydrogen-bond donors (Lipinski definition) is 1. The van der Waals surface area contributed by atoms with Crippen LogP contribution in [0.5, 0.6) is 0 Å². The first-order valence-electron chi connectivity index (χ1n) is 5.33. The van der Waals surface area contributed by atoms with Gasteiger partial charge in [-0.3, -0.25) is 0 Å². The number of sulfone groups is 1. The highest BCUT2D eigenvalue weighted by atomic mass is 32.2. The highest BCUT2D eigenvalue weighted by Crippen LogP contribution is 2.03. The number of rotatable bonds is 7. The van der Waals surface area contributed by atoms with Gasteiger partial charge >= 0.3 is 0 Å². The van der Waals surface area contributed by atoms with Crippen LogP contribution in [0.3, 0.4) is 0 Å². The molecule has 0 unspecified atom stereocenters. The van der Waals surface area contributed by atoms with Crippen LogP contribution in [0.15, 0.2) is 10.6 Å². The topological polar surface area (TPSA) is 72.2 Å². The monoisotopic (exact) mass is 246 g/mol. The molecule has 0 bridgehead atoms. The Morgan fingerprint density at radius 1 is 1.50 bits per heavy atom. The van der Waals surface area contributed by atoms with Crippen molar-refractivity contribution >= 4 is 9.84 Å². The first-order chi connectivity index (χ1) is 7.51. The van der Waals surface area contributed by atoms with Crippen LogP contribution in [-0.2, 0) is 22.8 Å². The molecule has 1 aromatic rings. The summed E-state index contributed by atoms with van der Waals surface area (Å²) in [6.45, 7) is 3.20. The average molecular weight is 246 g/mol. The Balaban J connectivity index is 2.16. The fraction of sp³-hybridized carbons (Fsp3) is 0.700. The van der Waals surface area contributed by atoms with Crippen LogP contribution >= 0.6 is 0 Å². The molecule has 16 heavy (non-hydrogen) atoms. The van der Waals surface area contributed by atoms with Crippen molar-refractivity contribution < 1.29 is 12.8 Å². The lowest BCUT2D eigenvalue weighted by molar-refractivity contribution is 0.439. The van der Waals surface area contributed by atoms with Gasteiger partial charge in [0.25, 0.3) is 0 Å². The van der Waals surface area contributed by atoms with E-state index < -0.39 is 9.84 Å². The number of aromatic nitrogens is 1. The molecule has 0 atom stereocenters. The summed E-state index contributed by atoms with van der Waals surface area (Å²) in [4.78, 5) is 4.09. The van der Waals surface area contributed by atoms with E-state index in [0.29, 0.717) is 25.4 Å². The maximum atomic E-state index is 10.8. The molecular formula is C10H18N2O3S.